The molecular weight excluding hydrogens is 294 g/mol. The Hall–Kier alpha value is -2.22. The van der Waals surface area contributed by atoms with Crippen LogP contribution in [-0.4, -0.2) is 19.5 Å². The topological polar surface area (TPSA) is 84.6 Å². The highest BCUT2D eigenvalue weighted by atomic mass is 32.2. The van der Waals surface area contributed by atoms with Gasteiger partial charge in [0.25, 0.3) is 0 Å². The van der Waals surface area contributed by atoms with Crippen LogP contribution in [0, 0.1) is 11.6 Å². The van der Waals surface area contributed by atoms with Gasteiger partial charge in [0.1, 0.15) is 28.0 Å². The molecule has 1 aromatic heterocycles. The van der Waals surface area contributed by atoms with Crippen LogP contribution in [-0.2, 0) is 15.6 Å². The van der Waals surface area contributed by atoms with Crippen molar-refractivity contribution in [2.75, 3.05) is 0 Å². The van der Waals surface area contributed by atoms with Crippen molar-refractivity contribution in [3.8, 4) is 0 Å². The van der Waals surface area contributed by atoms with E-state index in [0.29, 0.717) is 6.07 Å². The predicted molar refractivity (Wildman–Crippen MR) is 62.9 cm³/mol. The summed E-state index contributed by atoms with van der Waals surface area (Å²) in [6.45, 7) is 0. The normalized spacial score (nSPS) is 11.5. The first-order valence-electron chi connectivity index (χ1n) is 5.29. The number of halogens is 2. The summed E-state index contributed by atoms with van der Waals surface area (Å²) in [6, 6.07) is 4.34. The minimum Gasteiger partial charge on any atom is -0.475 e. The van der Waals surface area contributed by atoms with E-state index in [0.717, 1.165) is 18.2 Å². The van der Waals surface area contributed by atoms with Crippen molar-refractivity contribution in [3.05, 3.63) is 53.5 Å². The van der Waals surface area contributed by atoms with Crippen LogP contribution in [0.1, 0.15) is 16.3 Å². The molecule has 0 atom stereocenters. The standard InChI is InChI=1S/C12H8F2O5S/c13-7-1-4-11(9(14)5-7)20(17,18)6-8-2-3-10(19-8)12(15)16/h1-5H,6H2,(H,15,16). The van der Waals surface area contributed by atoms with Gasteiger partial charge in [0.2, 0.25) is 5.76 Å². The third-order valence-corrected chi connectivity index (χ3v) is 4.10. The lowest BCUT2D eigenvalue weighted by atomic mass is 10.3. The Labute approximate surface area is 112 Å². The minimum atomic E-state index is -4.10. The maximum atomic E-state index is 13.4. The maximum absolute atomic E-state index is 13.4. The molecule has 0 radical (unpaired) electrons. The number of carboxylic acids is 1. The van der Waals surface area contributed by atoms with Crippen molar-refractivity contribution >= 4 is 15.8 Å². The number of carbonyl (C=O) groups is 1. The zero-order valence-electron chi connectivity index (χ0n) is 9.84. The van der Waals surface area contributed by atoms with E-state index in [4.69, 9.17) is 9.52 Å². The zero-order chi connectivity index (χ0) is 14.9. The molecule has 2 aromatic rings. The van der Waals surface area contributed by atoms with Crippen LogP contribution in [0.25, 0.3) is 0 Å². The summed E-state index contributed by atoms with van der Waals surface area (Å²) in [5, 5.41) is 8.64. The summed E-state index contributed by atoms with van der Waals surface area (Å²) >= 11 is 0. The van der Waals surface area contributed by atoms with E-state index in [2.05, 4.69) is 0 Å². The number of furan rings is 1. The highest BCUT2D eigenvalue weighted by molar-refractivity contribution is 7.90. The van der Waals surface area contributed by atoms with Gasteiger partial charge in [0.15, 0.2) is 9.84 Å². The Morgan fingerprint density at radius 2 is 1.90 bits per heavy atom. The molecule has 0 saturated carbocycles. The first kappa shape index (κ1) is 14.2. The van der Waals surface area contributed by atoms with Crippen molar-refractivity contribution in [1.82, 2.24) is 0 Å². The number of hydrogen-bond acceptors (Lipinski definition) is 4. The van der Waals surface area contributed by atoms with Gasteiger partial charge in [-0.05, 0) is 24.3 Å². The summed E-state index contributed by atoms with van der Waals surface area (Å²) in [5.41, 5.74) is 0. The molecule has 0 aliphatic heterocycles. The number of sulfone groups is 1. The highest BCUT2D eigenvalue weighted by Gasteiger charge is 2.22. The molecule has 106 valence electrons. The summed E-state index contributed by atoms with van der Waals surface area (Å²) in [4.78, 5) is 9.92. The molecule has 2 rings (SSSR count). The number of carboxylic acid groups (broad SMARTS) is 1. The second kappa shape index (κ2) is 5.04. The predicted octanol–water partition coefficient (Wildman–Crippen LogP) is 2.23. The van der Waals surface area contributed by atoms with Crippen LogP contribution in [0.15, 0.2) is 39.6 Å². The molecule has 0 aliphatic carbocycles. The van der Waals surface area contributed by atoms with E-state index in [-0.39, 0.29) is 5.76 Å². The lowest BCUT2D eigenvalue weighted by Crippen LogP contribution is -2.07. The molecule has 0 amide bonds. The quantitative estimate of drug-likeness (QED) is 0.875. The second-order valence-electron chi connectivity index (χ2n) is 3.90. The van der Waals surface area contributed by atoms with E-state index in [1.807, 2.05) is 0 Å². The monoisotopic (exact) mass is 302 g/mol. The highest BCUT2D eigenvalue weighted by Crippen LogP contribution is 2.21. The van der Waals surface area contributed by atoms with Crippen LogP contribution in [0.2, 0.25) is 0 Å². The first-order valence-corrected chi connectivity index (χ1v) is 6.94. The fraction of sp³-hybridized carbons (Fsp3) is 0.0833. The molecule has 0 fully saturated rings. The second-order valence-corrected chi connectivity index (χ2v) is 5.86. The van der Waals surface area contributed by atoms with Gasteiger partial charge in [-0.1, -0.05) is 0 Å². The summed E-state index contributed by atoms with van der Waals surface area (Å²) < 4.78 is 54.9. The molecule has 0 bridgehead atoms. The Bertz CT molecular complexity index is 764. The number of hydrogen-bond donors (Lipinski definition) is 1. The molecule has 0 aliphatic rings. The van der Waals surface area contributed by atoms with Gasteiger partial charge >= 0.3 is 5.97 Å². The van der Waals surface area contributed by atoms with Crippen LogP contribution in [0.3, 0.4) is 0 Å². The van der Waals surface area contributed by atoms with Crippen LogP contribution in [0.5, 0.6) is 0 Å². The lowest BCUT2D eigenvalue weighted by molar-refractivity contribution is 0.0660. The van der Waals surface area contributed by atoms with Crippen molar-refractivity contribution in [3.63, 3.8) is 0 Å². The Morgan fingerprint density at radius 3 is 2.45 bits per heavy atom. The fourth-order valence-electron chi connectivity index (χ4n) is 1.56. The van der Waals surface area contributed by atoms with Gasteiger partial charge < -0.3 is 9.52 Å². The van der Waals surface area contributed by atoms with Crippen LogP contribution >= 0.6 is 0 Å². The van der Waals surface area contributed by atoms with E-state index >= 15 is 0 Å². The summed E-state index contributed by atoms with van der Waals surface area (Å²) in [5.74, 6) is -4.74. The molecule has 20 heavy (non-hydrogen) atoms. The molecule has 8 heteroatoms. The van der Waals surface area contributed by atoms with E-state index < -0.39 is 43.8 Å². The third-order valence-electron chi connectivity index (χ3n) is 2.43. The molecule has 0 saturated heterocycles. The third kappa shape index (κ3) is 2.85. The van der Waals surface area contributed by atoms with E-state index in [9.17, 15) is 22.0 Å². The van der Waals surface area contributed by atoms with Gasteiger partial charge in [0.05, 0.1) is 0 Å². The molecule has 1 N–H and O–H groups in total. The van der Waals surface area contributed by atoms with Crippen LogP contribution < -0.4 is 0 Å². The van der Waals surface area contributed by atoms with Crippen molar-refractivity contribution in [2.24, 2.45) is 0 Å². The summed E-state index contributed by atoms with van der Waals surface area (Å²) in [6.07, 6.45) is 0. The zero-order valence-corrected chi connectivity index (χ0v) is 10.7. The van der Waals surface area contributed by atoms with Gasteiger partial charge in [0, 0.05) is 6.07 Å². The number of benzene rings is 1. The molecule has 1 aromatic carbocycles. The Kier molecular flexibility index (Phi) is 3.58. The Morgan fingerprint density at radius 1 is 1.20 bits per heavy atom. The molecule has 1 heterocycles. The van der Waals surface area contributed by atoms with E-state index in [1.165, 1.54) is 6.07 Å². The number of rotatable bonds is 4. The summed E-state index contributed by atoms with van der Waals surface area (Å²) in [7, 11) is -4.10. The van der Waals surface area contributed by atoms with Gasteiger partial charge in [-0.15, -0.1) is 0 Å². The average Bonchev–Trinajstić information content (AvgIpc) is 2.76. The molecular formula is C12H8F2O5S. The van der Waals surface area contributed by atoms with Crippen molar-refractivity contribution in [2.45, 2.75) is 10.6 Å². The Balaban J connectivity index is 2.33. The van der Waals surface area contributed by atoms with E-state index in [1.54, 1.807) is 0 Å². The largest absolute Gasteiger partial charge is 0.475 e. The van der Waals surface area contributed by atoms with Gasteiger partial charge in [-0.25, -0.2) is 22.0 Å². The molecule has 5 nitrogen and oxygen atoms in total. The average molecular weight is 302 g/mol. The lowest BCUT2D eigenvalue weighted by Gasteiger charge is -2.04. The maximum Gasteiger partial charge on any atom is 0.371 e. The first-order chi connectivity index (χ1) is 9.29. The van der Waals surface area contributed by atoms with Gasteiger partial charge in [-0.2, -0.15) is 0 Å². The van der Waals surface area contributed by atoms with Crippen molar-refractivity contribution < 1.29 is 31.5 Å². The van der Waals surface area contributed by atoms with Crippen LogP contribution in [0.4, 0.5) is 8.78 Å². The van der Waals surface area contributed by atoms with Crippen molar-refractivity contribution in [1.29, 1.82) is 0 Å². The minimum absolute atomic E-state index is 0.147. The van der Waals surface area contributed by atoms with Gasteiger partial charge in [-0.3, -0.25) is 0 Å². The number of aromatic carboxylic acids is 1. The SMILES string of the molecule is O=C(O)c1ccc(CS(=O)(=O)c2ccc(F)cc2F)o1. The molecule has 0 unspecified atom stereocenters. The fourth-order valence-corrected chi connectivity index (χ4v) is 2.88. The molecule has 0 spiro atoms. The smallest absolute Gasteiger partial charge is 0.371 e.